The van der Waals surface area contributed by atoms with Crippen molar-refractivity contribution in [1.29, 1.82) is 0 Å². The Labute approximate surface area is 205 Å². The fourth-order valence-corrected chi connectivity index (χ4v) is 4.50. The first-order valence-electron chi connectivity index (χ1n) is 10.7. The lowest BCUT2D eigenvalue weighted by Gasteiger charge is -2.19. The number of imidazole rings is 1. The van der Waals surface area contributed by atoms with E-state index in [2.05, 4.69) is 25.0 Å². The number of phosphoric ester groups is 1. The number of rotatable bonds is 9. The zero-order chi connectivity index (χ0) is 26.3. The number of nitrogens with two attached hydrogens (primary N) is 1. The molecule has 6 N–H and O–H groups in total. The topological polar surface area (TPSA) is 252 Å². The van der Waals surface area contributed by atoms with Crippen LogP contribution in [-0.4, -0.2) is 92.9 Å². The van der Waals surface area contributed by atoms with Gasteiger partial charge < -0.3 is 35.3 Å². The summed E-state index contributed by atoms with van der Waals surface area (Å²) >= 11 is 0. The molecule has 0 aromatic carbocycles. The van der Waals surface area contributed by atoms with E-state index in [0.29, 0.717) is 5.65 Å². The van der Waals surface area contributed by atoms with Gasteiger partial charge in [0.25, 0.3) is 11.5 Å². The van der Waals surface area contributed by atoms with Gasteiger partial charge in [0.05, 0.1) is 25.9 Å². The van der Waals surface area contributed by atoms with Crippen LogP contribution in [0.5, 0.6) is 0 Å². The molecule has 5 heterocycles. The lowest BCUT2D eigenvalue weighted by molar-refractivity contribution is -0.0604. The third kappa shape index (κ3) is 5.09. The molecule has 2 aliphatic heterocycles. The molecule has 198 valence electrons. The molecule has 18 nitrogen and oxygen atoms in total. The second-order valence-corrected chi connectivity index (χ2v) is 9.48. The van der Waals surface area contributed by atoms with Gasteiger partial charge in [-0.2, -0.15) is 0 Å². The number of fused-ring (bicyclic) bond motifs is 1. The molecule has 0 aliphatic carbocycles. The number of aliphatic hydroxyl groups is 2. The van der Waals surface area contributed by atoms with Gasteiger partial charge in [0.1, 0.15) is 30.7 Å². The van der Waals surface area contributed by atoms with Gasteiger partial charge in [-0.25, -0.2) is 24.2 Å². The highest BCUT2D eigenvalue weighted by atomic mass is 31.2. The zero-order valence-corrected chi connectivity index (χ0v) is 19.6. The highest BCUT2D eigenvalue weighted by Gasteiger charge is 2.45. The van der Waals surface area contributed by atoms with Gasteiger partial charge in [0.15, 0.2) is 23.6 Å². The minimum Gasteiger partial charge on any atom is -0.387 e. The highest BCUT2D eigenvalue weighted by molar-refractivity contribution is 7.47. The molecule has 37 heavy (non-hydrogen) atoms. The van der Waals surface area contributed by atoms with Crippen LogP contribution in [0, 0.1) is 0 Å². The number of amides is 1. The molecule has 19 heteroatoms. The molecule has 5 rings (SSSR count). The molecule has 3 aromatic heterocycles. The predicted molar refractivity (Wildman–Crippen MR) is 117 cm³/mol. The van der Waals surface area contributed by atoms with E-state index in [9.17, 15) is 29.3 Å². The van der Waals surface area contributed by atoms with E-state index < -0.39 is 62.8 Å². The number of hydrogen-bond donors (Lipinski definition) is 5. The van der Waals surface area contributed by atoms with E-state index in [1.807, 2.05) is 0 Å². The first-order valence-corrected chi connectivity index (χ1v) is 12.2. The van der Waals surface area contributed by atoms with Crippen molar-refractivity contribution < 1.29 is 43.0 Å². The van der Waals surface area contributed by atoms with Crippen LogP contribution in [0.1, 0.15) is 23.1 Å². The normalized spacial score (nSPS) is 29.2. The number of aromatic nitrogens is 7. The maximum atomic E-state index is 12.4. The lowest BCUT2D eigenvalue weighted by atomic mass is 10.1. The molecule has 0 saturated carbocycles. The summed E-state index contributed by atoms with van der Waals surface area (Å²) in [5, 5.41) is 24.2. The number of aromatic amines is 1. The Hall–Kier alpha value is -3.35. The number of ether oxygens (including phenoxy) is 2. The number of carbonyl (C=O) groups is 1. The minimum atomic E-state index is -4.63. The summed E-state index contributed by atoms with van der Waals surface area (Å²) in [7, 11) is -4.63. The monoisotopic (exact) mass is 540 g/mol. The second kappa shape index (κ2) is 9.84. The van der Waals surface area contributed by atoms with Crippen molar-refractivity contribution in [3.63, 3.8) is 0 Å². The van der Waals surface area contributed by atoms with Gasteiger partial charge in [-0.05, 0) is 6.08 Å². The number of aliphatic hydroxyl groups excluding tert-OH is 2. The molecule has 7 atom stereocenters. The van der Waals surface area contributed by atoms with E-state index in [1.54, 1.807) is 12.2 Å². The molecular weight excluding hydrogens is 519 g/mol. The van der Waals surface area contributed by atoms with Gasteiger partial charge >= 0.3 is 7.82 Å². The summed E-state index contributed by atoms with van der Waals surface area (Å²) in [5.74, 6) is -1.22. The molecule has 0 radical (unpaired) electrons. The van der Waals surface area contributed by atoms with Crippen LogP contribution in [0.15, 0.2) is 35.9 Å². The van der Waals surface area contributed by atoms with Crippen LogP contribution in [0.3, 0.4) is 0 Å². The van der Waals surface area contributed by atoms with Gasteiger partial charge in [-0.1, -0.05) is 6.08 Å². The van der Waals surface area contributed by atoms with Crippen molar-refractivity contribution in [2.24, 2.45) is 5.73 Å². The van der Waals surface area contributed by atoms with Crippen molar-refractivity contribution in [3.05, 3.63) is 47.3 Å². The molecule has 1 fully saturated rings. The molecule has 0 spiro atoms. The molecular formula is C18H21N8O10P. The van der Waals surface area contributed by atoms with Gasteiger partial charge in [-0.15, -0.1) is 5.10 Å². The minimum absolute atomic E-state index is 0.133. The number of carbonyl (C=O) groups excluding carboxylic acids is 1. The van der Waals surface area contributed by atoms with Crippen LogP contribution in [0.4, 0.5) is 0 Å². The smallest absolute Gasteiger partial charge is 0.387 e. The number of nitrogens with one attached hydrogen (secondary N) is 1. The van der Waals surface area contributed by atoms with Crippen molar-refractivity contribution in [2.75, 3.05) is 13.2 Å². The maximum Gasteiger partial charge on any atom is 0.472 e. The Balaban J connectivity index is 1.13. The Kier molecular flexibility index (Phi) is 6.73. The maximum absolute atomic E-state index is 12.4. The number of phosphoric acid groups is 1. The van der Waals surface area contributed by atoms with Crippen LogP contribution in [-0.2, 0) is 23.1 Å². The van der Waals surface area contributed by atoms with E-state index in [1.165, 1.54) is 17.2 Å². The molecule has 1 saturated heterocycles. The third-order valence-corrected chi connectivity index (χ3v) is 6.53. The zero-order valence-electron chi connectivity index (χ0n) is 18.7. The van der Waals surface area contributed by atoms with E-state index in [4.69, 9.17) is 24.3 Å². The summed E-state index contributed by atoms with van der Waals surface area (Å²) in [6.45, 7) is -0.985. The Bertz CT molecular complexity index is 1440. The largest absolute Gasteiger partial charge is 0.472 e. The van der Waals surface area contributed by atoms with Crippen LogP contribution in [0.25, 0.3) is 11.2 Å². The number of nitrogens with zero attached hydrogens (tertiary/aromatic N) is 6. The Morgan fingerprint density at radius 1 is 1.14 bits per heavy atom. The molecule has 0 bridgehead atoms. The SMILES string of the molecule is NC(=O)c1ncn([C@H]2O[C@@H](COP(=O)(O)OC[C@@H]3C=C[C@H](n4cnc5c(=O)[nH]cnc54)O3)[C@H](O)[C@@H]2O)n1. The first-order chi connectivity index (χ1) is 17.6. The summed E-state index contributed by atoms with van der Waals surface area (Å²) in [6, 6.07) is 0. The highest BCUT2D eigenvalue weighted by Crippen LogP contribution is 2.45. The second-order valence-electron chi connectivity index (χ2n) is 8.02. The van der Waals surface area contributed by atoms with Crippen molar-refractivity contribution in [2.45, 2.75) is 36.9 Å². The molecule has 2 aliphatic rings. The fraction of sp³-hybridized carbons (Fsp3) is 0.444. The van der Waals surface area contributed by atoms with Gasteiger partial charge in [0, 0.05) is 0 Å². The molecule has 1 amide bonds. The standard InChI is InChI=1S/C18H21N8O10P/c19-14(29)15-23-7-26(24-15)18-13(28)12(27)9(36-18)4-34-37(31,32)33-3-8-1-2-10(35-8)25-6-22-11-16(25)20-5-21-17(11)30/h1-2,5-10,12-13,18,27-28H,3-4H2,(H2,19,29)(H,31,32)(H,20,21,30)/t8-,9-,10+,12-,13-,18-/m0/s1. The average Bonchev–Trinajstić information content (AvgIpc) is 3.64. The first kappa shape index (κ1) is 25.3. The summed E-state index contributed by atoms with van der Waals surface area (Å²) < 4.78 is 36.0. The average molecular weight is 540 g/mol. The predicted octanol–water partition coefficient (Wildman–Crippen LogP) is -2.28. The number of H-pyrrole nitrogens is 1. The van der Waals surface area contributed by atoms with Crippen molar-refractivity contribution >= 4 is 24.9 Å². The number of primary amides is 1. The lowest BCUT2D eigenvalue weighted by Crippen LogP contribution is -2.33. The van der Waals surface area contributed by atoms with Gasteiger partial charge in [-0.3, -0.25) is 23.2 Å². The van der Waals surface area contributed by atoms with Crippen molar-refractivity contribution in [1.82, 2.24) is 34.3 Å². The Morgan fingerprint density at radius 2 is 1.92 bits per heavy atom. The van der Waals surface area contributed by atoms with Crippen LogP contribution in [0.2, 0.25) is 0 Å². The summed E-state index contributed by atoms with van der Waals surface area (Å²) in [5.41, 5.74) is 5.11. The van der Waals surface area contributed by atoms with Crippen molar-refractivity contribution in [3.8, 4) is 0 Å². The Morgan fingerprint density at radius 3 is 2.68 bits per heavy atom. The van der Waals surface area contributed by atoms with Gasteiger partial charge in [0.2, 0.25) is 5.82 Å². The van der Waals surface area contributed by atoms with E-state index in [0.717, 1.165) is 11.0 Å². The van der Waals surface area contributed by atoms with Crippen LogP contribution < -0.4 is 11.3 Å². The van der Waals surface area contributed by atoms with E-state index in [-0.39, 0.29) is 17.9 Å². The molecule has 1 unspecified atom stereocenters. The van der Waals surface area contributed by atoms with Crippen LogP contribution >= 0.6 is 7.82 Å². The molecule has 3 aromatic rings. The summed E-state index contributed by atoms with van der Waals surface area (Å²) in [4.78, 5) is 47.2. The number of hydrogen-bond acceptors (Lipinski definition) is 13. The quantitative estimate of drug-likeness (QED) is 0.142. The van der Waals surface area contributed by atoms with E-state index >= 15 is 0 Å². The fourth-order valence-electron chi connectivity index (χ4n) is 3.76. The summed E-state index contributed by atoms with van der Waals surface area (Å²) in [6.07, 6.45) is 0.000529. The third-order valence-electron chi connectivity index (χ3n) is 5.57.